The first-order chi connectivity index (χ1) is 14.8. The summed E-state index contributed by atoms with van der Waals surface area (Å²) in [5.74, 6) is 1.62. The van der Waals surface area contributed by atoms with Crippen molar-refractivity contribution in [3.05, 3.63) is 66.1 Å². The second kappa shape index (κ2) is 8.10. The fraction of sp³-hybridized carbons (Fsp3) is 0.304. The zero-order valence-corrected chi connectivity index (χ0v) is 16.7. The number of para-hydroxylation sites is 1. The predicted octanol–water partition coefficient (Wildman–Crippen LogP) is 3.75. The summed E-state index contributed by atoms with van der Waals surface area (Å²) in [5.41, 5.74) is 4.08. The van der Waals surface area contributed by atoms with Crippen LogP contribution in [0.1, 0.15) is 24.1 Å². The van der Waals surface area contributed by atoms with E-state index >= 15 is 0 Å². The summed E-state index contributed by atoms with van der Waals surface area (Å²) in [4.78, 5) is 28.3. The zero-order valence-electron chi connectivity index (χ0n) is 16.7. The monoisotopic (exact) mass is 400 g/mol. The minimum Gasteiger partial charge on any atom is -0.365 e. The lowest BCUT2D eigenvalue weighted by Crippen LogP contribution is -2.35. The molecule has 1 aromatic carbocycles. The first kappa shape index (κ1) is 18.5. The van der Waals surface area contributed by atoms with E-state index in [9.17, 15) is 4.79 Å². The van der Waals surface area contributed by atoms with Gasteiger partial charge in [-0.2, -0.15) is 0 Å². The van der Waals surface area contributed by atoms with Gasteiger partial charge in [0.2, 0.25) is 0 Å². The Bertz CT molecular complexity index is 1040. The number of nitrogens with one attached hydrogen (secondary N) is 2. The van der Waals surface area contributed by atoms with Gasteiger partial charge >= 0.3 is 6.03 Å². The molecule has 3 aromatic rings. The molecular formula is C23H24N6O. The topological polar surface area (TPSA) is 83.0 Å². The molecule has 2 N–H and O–H groups in total. The second-order valence-corrected chi connectivity index (χ2v) is 7.79. The third kappa shape index (κ3) is 3.83. The highest BCUT2D eigenvalue weighted by Crippen LogP contribution is 2.30. The van der Waals surface area contributed by atoms with Gasteiger partial charge in [-0.1, -0.05) is 18.2 Å². The lowest BCUT2D eigenvalue weighted by molar-refractivity contribution is 0.222. The predicted molar refractivity (Wildman–Crippen MR) is 116 cm³/mol. The Morgan fingerprint density at radius 1 is 1.07 bits per heavy atom. The van der Waals surface area contributed by atoms with Gasteiger partial charge in [-0.3, -0.25) is 4.98 Å². The lowest BCUT2D eigenvalue weighted by Gasteiger charge is -2.19. The summed E-state index contributed by atoms with van der Waals surface area (Å²) in [6.07, 6.45) is 7.52. The Kier molecular flexibility index (Phi) is 5.01. The summed E-state index contributed by atoms with van der Waals surface area (Å²) in [6, 6.07) is 13.6. The maximum atomic E-state index is 12.6. The van der Waals surface area contributed by atoms with Crippen LogP contribution in [-0.4, -0.2) is 45.0 Å². The molecule has 2 amide bonds. The van der Waals surface area contributed by atoms with Crippen molar-refractivity contribution in [1.29, 1.82) is 0 Å². The lowest BCUT2D eigenvalue weighted by atomic mass is 10.2. The SMILES string of the molecule is O=C(Nc1ccccc1)N1CCC(Nc2nc(-c3cccnc3)nc3c2CCC3)C1. The summed E-state index contributed by atoms with van der Waals surface area (Å²) in [5, 5.41) is 6.57. The average Bonchev–Trinajstić information content (AvgIpc) is 3.45. The van der Waals surface area contributed by atoms with E-state index in [1.165, 1.54) is 5.56 Å². The van der Waals surface area contributed by atoms with Crippen LogP contribution in [-0.2, 0) is 12.8 Å². The van der Waals surface area contributed by atoms with E-state index in [1.54, 1.807) is 12.4 Å². The van der Waals surface area contributed by atoms with E-state index in [-0.39, 0.29) is 12.1 Å². The van der Waals surface area contributed by atoms with Crippen LogP contribution in [0.3, 0.4) is 0 Å². The molecule has 30 heavy (non-hydrogen) atoms. The van der Waals surface area contributed by atoms with E-state index in [0.29, 0.717) is 12.4 Å². The van der Waals surface area contributed by atoms with E-state index in [0.717, 1.165) is 55.0 Å². The summed E-state index contributed by atoms with van der Waals surface area (Å²) in [7, 11) is 0. The largest absolute Gasteiger partial charge is 0.365 e. The van der Waals surface area contributed by atoms with Crippen molar-refractivity contribution in [1.82, 2.24) is 19.9 Å². The number of hydrogen-bond donors (Lipinski definition) is 2. The van der Waals surface area contributed by atoms with Crippen LogP contribution in [0.15, 0.2) is 54.9 Å². The van der Waals surface area contributed by atoms with Crippen LogP contribution in [0.5, 0.6) is 0 Å². The van der Waals surface area contributed by atoms with Gasteiger partial charge in [0.15, 0.2) is 5.82 Å². The molecule has 3 heterocycles. The molecule has 2 aliphatic rings. The van der Waals surface area contributed by atoms with Crippen LogP contribution < -0.4 is 10.6 Å². The standard InChI is InChI=1S/C23H24N6O/c30-23(26-17-7-2-1-3-8-17)29-13-11-18(15-29)25-22-19-9-4-10-20(19)27-21(28-22)16-6-5-12-24-14-16/h1-3,5-8,12,14,18H,4,9-11,13,15H2,(H,26,30)(H,25,27,28). The third-order valence-electron chi connectivity index (χ3n) is 5.69. The van der Waals surface area contributed by atoms with Crippen LogP contribution in [0.25, 0.3) is 11.4 Å². The molecular weight excluding hydrogens is 376 g/mol. The maximum Gasteiger partial charge on any atom is 0.321 e. The normalized spacial score (nSPS) is 17.6. The molecule has 1 unspecified atom stereocenters. The first-order valence-corrected chi connectivity index (χ1v) is 10.4. The molecule has 152 valence electrons. The number of rotatable bonds is 4. The highest BCUT2D eigenvalue weighted by atomic mass is 16.2. The van der Waals surface area contributed by atoms with Crippen LogP contribution in [0.4, 0.5) is 16.3 Å². The molecule has 7 nitrogen and oxygen atoms in total. The smallest absolute Gasteiger partial charge is 0.321 e. The molecule has 0 bridgehead atoms. The number of nitrogens with zero attached hydrogens (tertiary/aromatic N) is 4. The number of fused-ring (bicyclic) bond motifs is 1. The maximum absolute atomic E-state index is 12.6. The number of hydrogen-bond acceptors (Lipinski definition) is 5. The van der Waals surface area contributed by atoms with Gasteiger partial charge in [-0.15, -0.1) is 0 Å². The van der Waals surface area contributed by atoms with Crippen LogP contribution in [0, 0.1) is 0 Å². The number of aromatic nitrogens is 3. The number of carbonyl (C=O) groups is 1. The van der Waals surface area contributed by atoms with Gasteiger partial charge in [0, 0.05) is 54.0 Å². The highest BCUT2D eigenvalue weighted by molar-refractivity contribution is 5.89. The number of aryl methyl sites for hydroxylation is 1. The number of benzene rings is 1. The Morgan fingerprint density at radius 2 is 1.97 bits per heavy atom. The van der Waals surface area contributed by atoms with Crippen LogP contribution in [0.2, 0.25) is 0 Å². The fourth-order valence-electron chi connectivity index (χ4n) is 4.16. The van der Waals surface area contributed by atoms with Crippen LogP contribution >= 0.6 is 0 Å². The molecule has 1 saturated heterocycles. The first-order valence-electron chi connectivity index (χ1n) is 10.4. The molecule has 0 spiro atoms. The van der Waals surface area contributed by atoms with Gasteiger partial charge in [0.25, 0.3) is 0 Å². The molecule has 1 aliphatic carbocycles. The fourth-order valence-corrected chi connectivity index (χ4v) is 4.16. The van der Waals surface area contributed by atoms with Crippen molar-refractivity contribution in [3.8, 4) is 11.4 Å². The van der Waals surface area contributed by atoms with Crippen molar-refractivity contribution >= 4 is 17.5 Å². The van der Waals surface area contributed by atoms with Gasteiger partial charge < -0.3 is 15.5 Å². The van der Waals surface area contributed by atoms with Crippen molar-refractivity contribution < 1.29 is 4.79 Å². The van der Waals surface area contributed by atoms with Crippen molar-refractivity contribution in [3.63, 3.8) is 0 Å². The number of anilines is 2. The minimum atomic E-state index is -0.0607. The van der Waals surface area contributed by atoms with Crippen molar-refractivity contribution in [2.24, 2.45) is 0 Å². The molecule has 1 aliphatic heterocycles. The molecule has 1 atom stereocenters. The van der Waals surface area contributed by atoms with Crippen molar-refractivity contribution in [2.45, 2.75) is 31.7 Å². The number of urea groups is 1. The minimum absolute atomic E-state index is 0.0607. The van der Waals surface area contributed by atoms with Gasteiger partial charge in [-0.05, 0) is 49.9 Å². The summed E-state index contributed by atoms with van der Waals surface area (Å²) < 4.78 is 0. The molecule has 0 radical (unpaired) electrons. The second-order valence-electron chi connectivity index (χ2n) is 7.79. The zero-order chi connectivity index (χ0) is 20.3. The number of likely N-dealkylation sites (tertiary alicyclic amines) is 1. The Hall–Kier alpha value is -3.48. The molecule has 5 rings (SSSR count). The van der Waals surface area contributed by atoms with Crippen molar-refractivity contribution in [2.75, 3.05) is 23.7 Å². The summed E-state index contributed by atoms with van der Waals surface area (Å²) >= 11 is 0. The Balaban J connectivity index is 1.30. The van der Waals surface area contributed by atoms with E-state index in [1.807, 2.05) is 47.4 Å². The van der Waals surface area contributed by atoms with Gasteiger partial charge in [0.05, 0.1) is 0 Å². The summed E-state index contributed by atoms with van der Waals surface area (Å²) in [6.45, 7) is 1.37. The number of amides is 2. The van der Waals surface area contributed by atoms with E-state index in [2.05, 4.69) is 15.6 Å². The van der Waals surface area contributed by atoms with E-state index in [4.69, 9.17) is 9.97 Å². The highest BCUT2D eigenvalue weighted by Gasteiger charge is 2.28. The third-order valence-corrected chi connectivity index (χ3v) is 5.69. The van der Waals surface area contributed by atoms with E-state index < -0.39 is 0 Å². The molecule has 1 fully saturated rings. The molecule has 7 heteroatoms. The molecule has 2 aromatic heterocycles. The molecule has 0 saturated carbocycles. The number of pyridine rings is 1. The quantitative estimate of drug-likeness (QED) is 0.697. The number of carbonyl (C=O) groups excluding carboxylic acids is 1. The van der Waals surface area contributed by atoms with Gasteiger partial charge in [-0.25, -0.2) is 14.8 Å². The van der Waals surface area contributed by atoms with Gasteiger partial charge in [0.1, 0.15) is 5.82 Å². The Labute approximate surface area is 175 Å². The average molecular weight is 400 g/mol. The Morgan fingerprint density at radius 3 is 2.80 bits per heavy atom.